The number of allylic oxidation sites excluding steroid dienone is 2. The van der Waals surface area contributed by atoms with E-state index >= 15 is 0 Å². The molecule has 0 heterocycles. The Bertz CT molecular complexity index is 587. The van der Waals surface area contributed by atoms with Gasteiger partial charge in [-0.15, -0.1) is 0 Å². The predicted octanol–water partition coefficient (Wildman–Crippen LogP) is 3.92. The third kappa shape index (κ3) is 6.10. The number of hydrogen-bond acceptors (Lipinski definition) is 3. The monoisotopic (exact) mass is 314 g/mol. The van der Waals surface area contributed by atoms with E-state index in [0.717, 1.165) is 25.0 Å². The Kier molecular flexibility index (Phi) is 6.60. The molecule has 1 aliphatic rings. The highest BCUT2D eigenvalue weighted by Crippen LogP contribution is 2.20. The van der Waals surface area contributed by atoms with Crippen molar-refractivity contribution in [3.63, 3.8) is 0 Å². The Morgan fingerprint density at radius 1 is 1.09 bits per heavy atom. The van der Waals surface area contributed by atoms with E-state index < -0.39 is 5.97 Å². The standard InChI is InChI=1S/C19H22O4/c20-18(12-5-2-6-13-19(21)22)15-8-7-11-17(14-15)23-16-9-3-1-4-10-16/h1,3-4,7-10,14,17H,2,5-6,11-13H2,(H,21,22). The van der Waals surface area contributed by atoms with Crippen LogP contribution in [0.3, 0.4) is 0 Å². The first-order valence-corrected chi connectivity index (χ1v) is 8.00. The lowest BCUT2D eigenvalue weighted by molar-refractivity contribution is -0.137. The highest BCUT2D eigenvalue weighted by Gasteiger charge is 2.15. The zero-order valence-corrected chi connectivity index (χ0v) is 13.1. The van der Waals surface area contributed by atoms with Crippen LogP contribution in [0.5, 0.6) is 5.75 Å². The van der Waals surface area contributed by atoms with Crippen molar-refractivity contribution in [3.8, 4) is 5.75 Å². The summed E-state index contributed by atoms with van der Waals surface area (Å²) >= 11 is 0. The molecular formula is C19H22O4. The van der Waals surface area contributed by atoms with Gasteiger partial charge in [0.2, 0.25) is 0 Å². The Hall–Kier alpha value is -2.36. The van der Waals surface area contributed by atoms with Gasteiger partial charge in [0.15, 0.2) is 5.78 Å². The third-order valence-corrected chi connectivity index (χ3v) is 3.68. The Balaban J connectivity index is 1.80. The van der Waals surface area contributed by atoms with E-state index in [2.05, 4.69) is 0 Å². The largest absolute Gasteiger partial charge is 0.486 e. The molecule has 1 N–H and O–H groups in total. The summed E-state index contributed by atoms with van der Waals surface area (Å²) in [5.41, 5.74) is 0.690. The first-order chi connectivity index (χ1) is 11.1. The summed E-state index contributed by atoms with van der Waals surface area (Å²) in [6, 6.07) is 9.57. The fourth-order valence-electron chi connectivity index (χ4n) is 2.48. The molecule has 0 amide bonds. The van der Waals surface area contributed by atoms with E-state index in [1.807, 2.05) is 48.6 Å². The summed E-state index contributed by atoms with van der Waals surface area (Å²) in [5, 5.41) is 8.58. The highest BCUT2D eigenvalue weighted by molar-refractivity contribution is 5.98. The van der Waals surface area contributed by atoms with Gasteiger partial charge in [-0.25, -0.2) is 0 Å². The number of aliphatic carboxylic acids is 1. The van der Waals surface area contributed by atoms with Gasteiger partial charge in [-0.3, -0.25) is 9.59 Å². The predicted molar refractivity (Wildman–Crippen MR) is 88.4 cm³/mol. The maximum atomic E-state index is 12.2. The molecule has 1 unspecified atom stereocenters. The van der Waals surface area contributed by atoms with E-state index in [1.54, 1.807) is 0 Å². The van der Waals surface area contributed by atoms with Crippen molar-refractivity contribution < 1.29 is 19.4 Å². The van der Waals surface area contributed by atoms with Crippen molar-refractivity contribution in [3.05, 3.63) is 54.1 Å². The van der Waals surface area contributed by atoms with Gasteiger partial charge in [-0.1, -0.05) is 36.8 Å². The summed E-state index contributed by atoms with van der Waals surface area (Å²) in [6.07, 6.45) is 9.07. The minimum atomic E-state index is -0.782. The number of hydrogen-bond donors (Lipinski definition) is 1. The third-order valence-electron chi connectivity index (χ3n) is 3.68. The maximum Gasteiger partial charge on any atom is 0.303 e. The average Bonchev–Trinajstić information content (AvgIpc) is 2.55. The lowest BCUT2D eigenvalue weighted by atomic mass is 9.98. The van der Waals surface area contributed by atoms with E-state index in [4.69, 9.17) is 9.84 Å². The zero-order valence-electron chi connectivity index (χ0n) is 13.1. The molecule has 0 bridgehead atoms. The van der Waals surface area contributed by atoms with Gasteiger partial charge in [0.25, 0.3) is 0 Å². The van der Waals surface area contributed by atoms with Crippen molar-refractivity contribution in [2.45, 2.75) is 44.6 Å². The molecule has 1 aromatic carbocycles. The Labute approximate surface area is 136 Å². The number of Topliss-reactive ketones (excluding diaryl/α,β-unsaturated/α-hetero) is 1. The fraction of sp³-hybridized carbons (Fsp3) is 0.368. The second-order valence-electron chi connectivity index (χ2n) is 5.61. The molecule has 0 radical (unpaired) electrons. The number of ether oxygens (including phenoxy) is 1. The molecule has 0 aromatic heterocycles. The molecule has 0 fully saturated rings. The molecule has 4 heteroatoms. The molecule has 1 atom stereocenters. The maximum absolute atomic E-state index is 12.2. The molecule has 0 saturated heterocycles. The molecule has 122 valence electrons. The van der Waals surface area contributed by atoms with Crippen molar-refractivity contribution in [1.29, 1.82) is 0 Å². The minimum absolute atomic E-state index is 0.0953. The van der Waals surface area contributed by atoms with Crippen molar-refractivity contribution in [2.75, 3.05) is 0 Å². The summed E-state index contributed by atoms with van der Waals surface area (Å²) < 4.78 is 5.86. The van der Waals surface area contributed by atoms with Gasteiger partial charge in [0, 0.05) is 24.8 Å². The molecule has 1 aromatic rings. The van der Waals surface area contributed by atoms with Gasteiger partial charge in [-0.05, 0) is 31.1 Å². The van der Waals surface area contributed by atoms with Crippen LogP contribution < -0.4 is 4.74 Å². The van der Waals surface area contributed by atoms with E-state index in [-0.39, 0.29) is 18.3 Å². The second kappa shape index (κ2) is 8.93. The Morgan fingerprint density at radius 3 is 2.57 bits per heavy atom. The van der Waals surface area contributed by atoms with Crippen molar-refractivity contribution in [2.24, 2.45) is 0 Å². The fourth-order valence-corrected chi connectivity index (χ4v) is 2.48. The molecule has 0 aliphatic heterocycles. The number of unbranched alkanes of at least 4 members (excludes halogenated alkanes) is 2. The number of carbonyl (C=O) groups excluding carboxylic acids is 1. The molecule has 0 saturated carbocycles. The van der Waals surface area contributed by atoms with Gasteiger partial charge in [0.05, 0.1) is 0 Å². The average molecular weight is 314 g/mol. The van der Waals surface area contributed by atoms with Crippen LogP contribution in [-0.4, -0.2) is 23.0 Å². The van der Waals surface area contributed by atoms with Gasteiger partial charge in [-0.2, -0.15) is 0 Å². The summed E-state index contributed by atoms with van der Waals surface area (Å²) in [4.78, 5) is 22.6. The van der Waals surface area contributed by atoms with Gasteiger partial charge in [0.1, 0.15) is 11.9 Å². The number of benzene rings is 1. The Morgan fingerprint density at radius 2 is 1.83 bits per heavy atom. The first kappa shape index (κ1) is 17.0. The van der Waals surface area contributed by atoms with Crippen molar-refractivity contribution >= 4 is 11.8 Å². The quantitative estimate of drug-likeness (QED) is 0.702. The highest BCUT2D eigenvalue weighted by atomic mass is 16.5. The van der Waals surface area contributed by atoms with Crippen LogP contribution in [0.2, 0.25) is 0 Å². The van der Waals surface area contributed by atoms with Crippen molar-refractivity contribution in [1.82, 2.24) is 0 Å². The number of rotatable bonds is 9. The van der Waals surface area contributed by atoms with Crippen LogP contribution in [0.1, 0.15) is 38.5 Å². The van der Waals surface area contributed by atoms with E-state index in [0.29, 0.717) is 18.4 Å². The van der Waals surface area contributed by atoms with Crippen LogP contribution in [0, 0.1) is 0 Å². The van der Waals surface area contributed by atoms with Crippen LogP contribution >= 0.6 is 0 Å². The lowest BCUT2D eigenvalue weighted by Gasteiger charge is -2.18. The first-order valence-electron chi connectivity index (χ1n) is 8.00. The van der Waals surface area contributed by atoms with Crippen LogP contribution in [-0.2, 0) is 9.59 Å². The van der Waals surface area contributed by atoms with Crippen LogP contribution in [0.15, 0.2) is 54.1 Å². The van der Waals surface area contributed by atoms with E-state index in [9.17, 15) is 9.59 Å². The topological polar surface area (TPSA) is 63.6 Å². The minimum Gasteiger partial charge on any atom is -0.486 e. The molecule has 23 heavy (non-hydrogen) atoms. The number of carboxylic acids is 1. The van der Waals surface area contributed by atoms with Crippen LogP contribution in [0.4, 0.5) is 0 Å². The number of carboxylic acid groups (broad SMARTS) is 1. The molecular weight excluding hydrogens is 292 g/mol. The number of carbonyl (C=O) groups is 2. The summed E-state index contributed by atoms with van der Waals surface area (Å²) in [7, 11) is 0. The molecule has 2 rings (SSSR count). The summed E-state index contributed by atoms with van der Waals surface area (Å²) in [6.45, 7) is 0. The molecule has 1 aliphatic carbocycles. The van der Waals surface area contributed by atoms with Gasteiger partial charge < -0.3 is 9.84 Å². The summed E-state index contributed by atoms with van der Waals surface area (Å²) in [5.74, 6) is 0.109. The van der Waals surface area contributed by atoms with E-state index in [1.165, 1.54) is 0 Å². The zero-order chi connectivity index (χ0) is 16.5. The van der Waals surface area contributed by atoms with Crippen LogP contribution in [0.25, 0.3) is 0 Å². The second-order valence-corrected chi connectivity index (χ2v) is 5.61. The number of para-hydroxylation sites is 1. The lowest BCUT2D eigenvalue weighted by Crippen LogP contribution is -2.17. The smallest absolute Gasteiger partial charge is 0.303 e. The SMILES string of the molecule is O=C(O)CCCCCC(=O)C1=CC(Oc2ccccc2)CC=C1. The van der Waals surface area contributed by atoms with Gasteiger partial charge >= 0.3 is 5.97 Å². The normalized spacial score (nSPS) is 16.7. The molecule has 0 spiro atoms. The molecule has 4 nitrogen and oxygen atoms in total. The number of ketones is 1.